The van der Waals surface area contributed by atoms with Crippen LogP contribution in [0.2, 0.25) is 0 Å². The molecule has 0 aromatic heterocycles. The number of hydrogen-bond acceptors (Lipinski definition) is 6. The monoisotopic (exact) mass is 995 g/mol. The Kier molecular flexibility index (Phi) is 55.5. The molecule has 0 rings (SSSR count). The standard InChI is InChI=1S/C66H106O6/c1-4-7-10-13-16-19-22-24-26-28-30-31-32-33-34-35-37-38-40-42-44-47-50-53-56-59-65(68)71-62-63(61-70-64(67)58-55-52-49-46-21-18-15-12-9-6-3)72-66(69)60-57-54-51-48-45-43-41-39-36-29-27-25-23-20-17-14-11-8-5-2/h7-8,10-12,15-17,19-20,24-27,30-31,33-34,36,39,43,45,63H,4-6,9,13-14,18,21-23,28-29,32,35,37-38,40-42,44,46-62H2,1-3H3/b10-7-,11-8-,15-12-,19-16-,20-17-,26-24-,27-25-,31-30-,34-33-,39-36-,45-43-. The fourth-order valence-corrected chi connectivity index (χ4v) is 7.56. The van der Waals surface area contributed by atoms with E-state index in [0.29, 0.717) is 12.8 Å². The van der Waals surface area contributed by atoms with Crippen LogP contribution in [0, 0.1) is 0 Å². The van der Waals surface area contributed by atoms with Crippen LogP contribution in [0.15, 0.2) is 134 Å². The Bertz CT molecular complexity index is 1560. The van der Waals surface area contributed by atoms with Crippen molar-refractivity contribution in [1.29, 1.82) is 0 Å². The van der Waals surface area contributed by atoms with E-state index >= 15 is 0 Å². The first-order valence-electron chi connectivity index (χ1n) is 29.2. The zero-order valence-electron chi connectivity index (χ0n) is 46.4. The smallest absolute Gasteiger partial charge is 0.306 e. The van der Waals surface area contributed by atoms with Crippen LogP contribution in [0.3, 0.4) is 0 Å². The van der Waals surface area contributed by atoms with Crippen LogP contribution in [0.25, 0.3) is 0 Å². The van der Waals surface area contributed by atoms with Crippen LogP contribution >= 0.6 is 0 Å². The molecule has 6 nitrogen and oxygen atoms in total. The molecule has 0 radical (unpaired) electrons. The Hall–Kier alpha value is -4.45. The third-order valence-corrected chi connectivity index (χ3v) is 11.9. The number of ether oxygens (including phenoxy) is 3. The molecule has 0 saturated carbocycles. The van der Waals surface area contributed by atoms with Crippen LogP contribution in [-0.4, -0.2) is 37.2 Å². The van der Waals surface area contributed by atoms with Crippen LogP contribution < -0.4 is 0 Å². The summed E-state index contributed by atoms with van der Waals surface area (Å²) in [5.41, 5.74) is 0. The maximum absolute atomic E-state index is 12.8. The van der Waals surface area contributed by atoms with Crippen molar-refractivity contribution in [2.45, 2.75) is 252 Å². The number of esters is 3. The number of allylic oxidation sites excluding steroid dienone is 22. The first-order valence-corrected chi connectivity index (χ1v) is 29.2. The van der Waals surface area contributed by atoms with Crippen LogP contribution in [-0.2, 0) is 28.6 Å². The summed E-state index contributed by atoms with van der Waals surface area (Å²) in [6, 6.07) is 0. The van der Waals surface area contributed by atoms with E-state index in [1.807, 2.05) is 0 Å². The number of hydrogen-bond donors (Lipinski definition) is 0. The van der Waals surface area contributed by atoms with Crippen molar-refractivity contribution in [3.8, 4) is 0 Å². The second-order valence-corrected chi connectivity index (χ2v) is 18.8. The fraction of sp³-hybridized carbons (Fsp3) is 0.621. The lowest BCUT2D eigenvalue weighted by Gasteiger charge is -2.18. The molecule has 0 aromatic rings. The molecule has 0 amide bonds. The number of rotatable bonds is 51. The molecule has 0 aliphatic heterocycles. The van der Waals surface area contributed by atoms with Crippen LogP contribution in [0.5, 0.6) is 0 Å². The highest BCUT2D eigenvalue weighted by molar-refractivity contribution is 5.71. The van der Waals surface area contributed by atoms with Crippen LogP contribution in [0.1, 0.15) is 245 Å². The van der Waals surface area contributed by atoms with Crippen molar-refractivity contribution < 1.29 is 28.6 Å². The molecule has 0 aliphatic carbocycles. The second kappa shape index (κ2) is 59.1. The first kappa shape index (κ1) is 67.5. The van der Waals surface area contributed by atoms with E-state index in [1.54, 1.807) is 0 Å². The van der Waals surface area contributed by atoms with Gasteiger partial charge in [0.15, 0.2) is 6.10 Å². The van der Waals surface area contributed by atoms with Gasteiger partial charge in [-0.3, -0.25) is 14.4 Å². The largest absolute Gasteiger partial charge is 0.462 e. The summed E-state index contributed by atoms with van der Waals surface area (Å²) in [5.74, 6) is -0.955. The summed E-state index contributed by atoms with van der Waals surface area (Å²) in [4.78, 5) is 38.1. The van der Waals surface area contributed by atoms with Crippen molar-refractivity contribution in [2.75, 3.05) is 13.2 Å². The molecular formula is C66H106O6. The average Bonchev–Trinajstić information content (AvgIpc) is 3.38. The minimum atomic E-state index is -0.806. The molecule has 6 heteroatoms. The summed E-state index contributed by atoms with van der Waals surface area (Å²) >= 11 is 0. The van der Waals surface area contributed by atoms with E-state index in [4.69, 9.17) is 14.2 Å². The van der Waals surface area contributed by atoms with Gasteiger partial charge in [-0.25, -0.2) is 0 Å². The number of carbonyl (C=O) groups excluding carboxylic acids is 3. The SMILES string of the molecule is CC/C=C\C/C=C\C/C=C\C/C=C\C/C=C\CCCCCCCCCCCC(=O)OCC(COC(=O)CCCCCCC/C=C\CCC)OC(=O)CCCCC/C=C\C/C=C\C/C=C\C/C=C\C/C=C\CC. The minimum Gasteiger partial charge on any atom is -0.462 e. The van der Waals surface area contributed by atoms with E-state index in [2.05, 4.69) is 154 Å². The topological polar surface area (TPSA) is 78.9 Å². The van der Waals surface area contributed by atoms with Gasteiger partial charge >= 0.3 is 17.9 Å². The molecule has 0 heterocycles. The highest BCUT2D eigenvalue weighted by atomic mass is 16.6. The highest BCUT2D eigenvalue weighted by Crippen LogP contribution is 2.14. The Morgan fingerprint density at radius 1 is 0.292 bits per heavy atom. The molecule has 0 N–H and O–H groups in total. The quantitative estimate of drug-likeness (QED) is 0.0261. The molecule has 406 valence electrons. The maximum Gasteiger partial charge on any atom is 0.306 e. The van der Waals surface area contributed by atoms with Gasteiger partial charge in [0.2, 0.25) is 0 Å². The molecule has 0 saturated heterocycles. The van der Waals surface area contributed by atoms with Crippen molar-refractivity contribution >= 4 is 17.9 Å². The van der Waals surface area contributed by atoms with Gasteiger partial charge in [0.1, 0.15) is 13.2 Å². The lowest BCUT2D eigenvalue weighted by molar-refractivity contribution is -0.167. The summed E-state index contributed by atoms with van der Waals surface area (Å²) in [6.07, 6.45) is 83.1. The summed E-state index contributed by atoms with van der Waals surface area (Å²) in [7, 11) is 0. The predicted octanol–water partition coefficient (Wildman–Crippen LogP) is 19.8. The third kappa shape index (κ3) is 56.5. The van der Waals surface area contributed by atoms with Crippen molar-refractivity contribution in [1.82, 2.24) is 0 Å². The zero-order valence-corrected chi connectivity index (χ0v) is 46.4. The molecule has 1 unspecified atom stereocenters. The maximum atomic E-state index is 12.8. The van der Waals surface area contributed by atoms with Crippen molar-refractivity contribution in [2.24, 2.45) is 0 Å². The summed E-state index contributed by atoms with van der Waals surface area (Å²) < 4.78 is 16.8. The van der Waals surface area contributed by atoms with Gasteiger partial charge in [0.05, 0.1) is 0 Å². The molecule has 1 atom stereocenters. The van der Waals surface area contributed by atoms with Gasteiger partial charge in [-0.1, -0.05) is 231 Å². The van der Waals surface area contributed by atoms with Crippen molar-refractivity contribution in [3.05, 3.63) is 134 Å². The summed E-state index contributed by atoms with van der Waals surface area (Å²) in [6.45, 7) is 6.30. The van der Waals surface area contributed by atoms with Gasteiger partial charge in [-0.2, -0.15) is 0 Å². The zero-order chi connectivity index (χ0) is 52.2. The predicted molar refractivity (Wildman–Crippen MR) is 311 cm³/mol. The highest BCUT2D eigenvalue weighted by Gasteiger charge is 2.19. The number of carbonyl (C=O) groups is 3. The lowest BCUT2D eigenvalue weighted by atomic mass is 10.1. The van der Waals surface area contributed by atoms with E-state index < -0.39 is 6.10 Å². The van der Waals surface area contributed by atoms with Gasteiger partial charge in [0.25, 0.3) is 0 Å². The van der Waals surface area contributed by atoms with E-state index in [0.717, 1.165) is 154 Å². The van der Waals surface area contributed by atoms with E-state index in [1.165, 1.54) is 51.4 Å². The Labute approximate surface area is 443 Å². The van der Waals surface area contributed by atoms with Crippen LogP contribution in [0.4, 0.5) is 0 Å². The molecule has 0 fully saturated rings. The van der Waals surface area contributed by atoms with Gasteiger partial charge in [-0.05, 0) is 128 Å². The molecule has 0 spiro atoms. The minimum absolute atomic E-state index is 0.101. The molecule has 0 aromatic carbocycles. The second-order valence-electron chi connectivity index (χ2n) is 18.8. The van der Waals surface area contributed by atoms with Gasteiger partial charge in [0, 0.05) is 19.3 Å². The fourth-order valence-electron chi connectivity index (χ4n) is 7.56. The van der Waals surface area contributed by atoms with Gasteiger partial charge in [-0.15, -0.1) is 0 Å². The molecule has 72 heavy (non-hydrogen) atoms. The third-order valence-electron chi connectivity index (χ3n) is 11.9. The van der Waals surface area contributed by atoms with Crippen molar-refractivity contribution in [3.63, 3.8) is 0 Å². The summed E-state index contributed by atoms with van der Waals surface area (Å²) in [5, 5.41) is 0. The average molecular weight is 996 g/mol. The molecule has 0 aliphatic rings. The molecular weight excluding hydrogens is 889 g/mol. The Balaban J connectivity index is 4.37. The first-order chi connectivity index (χ1) is 35.5. The Morgan fingerprint density at radius 3 is 0.875 bits per heavy atom. The van der Waals surface area contributed by atoms with E-state index in [-0.39, 0.29) is 37.5 Å². The normalized spacial score (nSPS) is 13.1. The Morgan fingerprint density at radius 2 is 0.542 bits per heavy atom. The number of unbranched alkanes of at least 4 members (excludes halogenated alkanes) is 18. The molecule has 0 bridgehead atoms. The van der Waals surface area contributed by atoms with Gasteiger partial charge < -0.3 is 14.2 Å². The van der Waals surface area contributed by atoms with E-state index in [9.17, 15) is 14.4 Å². The lowest BCUT2D eigenvalue weighted by Crippen LogP contribution is -2.30.